The van der Waals surface area contributed by atoms with E-state index in [1.807, 2.05) is 6.07 Å². The summed E-state index contributed by atoms with van der Waals surface area (Å²) in [5.74, 6) is 1.57. The lowest BCUT2D eigenvalue weighted by molar-refractivity contribution is 0.425. The van der Waals surface area contributed by atoms with Crippen LogP contribution in [0.15, 0.2) is 28.0 Å². The van der Waals surface area contributed by atoms with Gasteiger partial charge in [-0.2, -0.15) is 4.98 Å². The third kappa shape index (κ3) is 1.98. The van der Waals surface area contributed by atoms with Crippen LogP contribution < -0.4 is 0 Å². The van der Waals surface area contributed by atoms with E-state index in [0.717, 1.165) is 5.56 Å². The van der Waals surface area contributed by atoms with Gasteiger partial charge in [-0.3, -0.25) is 4.40 Å². The first-order valence-electron chi connectivity index (χ1n) is 5.43. The van der Waals surface area contributed by atoms with Crippen molar-refractivity contribution in [3.05, 3.63) is 40.4 Å². The van der Waals surface area contributed by atoms with Crippen LogP contribution in [-0.2, 0) is 6.54 Å². The molecule has 0 unspecified atom stereocenters. The molecule has 0 aliphatic carbocycles. The van der Waals surface area contributed by atoms with Gasteiger partial charge in [-0.1, -0.05) is 10.3 Å². The lowest BCUT2D eigenvalue weighted by atomic mass is 10.2. The molecule has 0 spiro atoms. The zero-order chi connectivity index (χ0) is 13.2. The molecule has 0 amide bonds. The highest BCUT2D eigenvalue weighted by atomic mass is 16.5. The van der Waals surface area contributed by atoms with Crippen molar-refractivity contribution in [2.24, 2.45) is 5.11 Å². The molecule has 19 heavy (non-hydrogen) atoms. The van der Waals surface area contributed by atoms with Gasteiger partial charge >= 0.3 is 0 Å². The molecule has 94 valence electrons. The largest absolute Gasteiger partial charge is 0.334 e. The second-order valence-corrected chi connectivity index (χ2v) is 3.80. The van der Waals surface area contributed by atoms with Crippen molar-refractivity contribution in [2.45, 2.75) is 13.5 Å². The molecule has 0 atom stereocenters. The topological polar surface area (TPSA) is 118 Å². The Morgan fingerprint density at radius 2 is 2.37 bits per heavy atom. The molecule has 0 aliphatic rings. The molecule has 3 rings (SSSR count). The zero-order valence-electron chi connectivity index (χ0n) is 9.93. The molecule has 0 saturated carbocycles. The van der Waals surface area contributed by atoms with Gasteiger partial charge in [0.2, 0.25) is 0 Å². The van der Waals surface area contributed by atoms with E-state index in [9.17, 15) is 0 Å². The summed E-state index contributed by atoms with van der Waals surface area (Å²) in [6.07, 6.45) is 1.77. The Hall–Kier alpha value is -2.93. The Balaban J connectivity index is 2.05. The molecular formula is C10H8N8O. The molecule has 9 heteroatoms. The van der Waals surface area contributed by atoms with Gasteiger partial charge < -0.3 is 4.52 Å². The van der Waals surface area contributed by atoms with Crippen molar-refractivity contribution in [1.29, 1.82) is 0 Å². The average molecular weight is 256 g/mol. The highest BCUT2D eigenvalue weighted by Crippen LogP contribution is 2.18. The molecule has 0 N–H and O–H groups in total. The van der Waals surface area contributed by atoms with E-state index in [-0.39, 0.29) is 6.54 Å². The number of fused-ring (bicyclic) bond motifs is 1. The number of rotatable bonds is 3. The normalized spacial score (nSPS) is 10.6. The summed E-state index contributed by atoms with van der Waals surface area (Å²) in [5, 5.41) is 15.2. The maximum absolute atomic E-state index is 8.31. The smallest absolute Gasteiger partial charge is 0.258 e. The Kier molecular flexibility index (Phi) is 2.58. The minimum Gasteiger partial charge on any atom is -0.334 e. The fourth-order valence-electron chi connectivity index (χ4n) is 1.69. The van der Waals surface area contributed by atoms with Crippen molar-refractivity contribution in [2.75, 3.05) is 0 Å². The lowest BCUT2D eigenvalue weighted by Gasteiger charge is -1.97. The number of aryl methyl sites for hydroxylation is 1. The molecule has 3 aromatic rings. The fraction of sp³-hybridized carbons (Fsp3) is 0.200. The van der Waals surface area contributed by atoms with Gasteiger partial charge in [-0.25, -0.2) is 0 Å². The highest BCUT2D eigenvalue weighted by Gasteiger charge is 2.10. The second-order valence-electron chi connectivity index (χ2n) is 3.80. The zero-order valence-corrected chi connectivity index (χ0v) is 9.93. The molecule has 0 saturated heterocycles. The van der Waals surface area contributed by atoms with Gasteiger partial charge in [0.15, 0.2) is 11.5 Å². The van der Waals surface area contributed by atoms with Crippen LogP contribution in [0.25, 0.3) is 27.5 Å². The molecule has 0 radical (unpaired) electrons. The van der Waals surface area contributed by atoms with Crippen LogP contribution in [-0.4, -0.2) is 24.7 Å². The SMILES string of the molecule is Cc1noc(-c2ccn3c(CN=[N+]=[N-])nnc3c2)n1. The summed E-state index contributed by atoms with van der Waals surface area (Å²) < 4.78 is 6.82. The standard InChI is InChI=1S/C10H8N8O/c1-6-13-10(19-16-6)7-2-3-18-8(4-7)14-15-9(18)5-12-17-11/h2-4H,5H2,1H3. The van der Waals surface area contributed by atoms with E-state index in [4.69, 9.17) is 10.1 Å². The monoisotopic (exact) mass is 256 g/mol. The van der Waals surface area contributed by atoms with E-state index < -0.39 is 0 Å². The first-order chi connectivity index (χ1) is 9.28. The van der Waals surface area contributed by atoms with Crippen molar-refractivity contribution in [3.63, 3.8) is 0 Å². The van der Waals surface area contributed by atoms with E-state index in [1.54, 1.807) is 23.6 Å². The molecule has 0 aliphatic heterocycles. The van der Waals surface area contributed by atoms with Crippen molar-refractivity contribution >= 4 is 5.65 Å². The number of azide groups is 1. The number of hydrogen-bond donors (Lipinski definition) is 0. The minimum absolute atomic E-state index is 0.149. The summed E-state index contributed by atoms with van der Waals surface area (Å²) >= 11 is 0. The van der Waals surface area contributed by atoms with E-state index in [0.29, 0.717) is 23.2 Å². The minimum atomic E-state index is 0.149. The Labute approximate surface area is 106 Å². The first kappa shape index (κ1) is 11.2. The van der Waals surface area contributed by atoms with Crippen LogP contribution in [0, 0.1) is 6.92 Å². The summed E-state index contributed by atoms with van der Waals surface area (Å²) in [4.78, 5) is 6.84. The Bertz CT molecular complexity index is 782. The quantitative estimate of drug-likeness (QED) is 0.402. The number of nitrogens with zero attached hydrogens (tertiary/aromatic N) is 8. The summed E-state index contributed by atoms with van der Waals surface area (Å²) in [6, 6.07) is 3.59. The Morgan fingerprint density at radius 1 is 1.47 bits per heavy atom. The Morgan fingerprint density at radius 3 is 3.11 bits per heavy atom. The van der Waals surface area contributed by atoms with Crippen LogP contribution >= 0.6 is 0 Å². The van der Waals surface area contributed by atoms with Gasteiger partial charge in [0.05, 0.1) is 6.54 Å². The van der Waals surface area contributed by atoms with Crippen molar-refractivity contribution in [3.8, 4) is 11.5 Å². The number of hydrogen-bond acceptors (Lipinski definition) is 6. The molecule has 3 aromatic heterocycles. The summed E-state index contributed by atoms with van der Waals surface area (Å²) in [7, 11) is 0. The summed E-state index contributed by atoms with van der Waals surface area (Å²) in [6.45, 7) is 1.90. The molecule has 9 nitrogen and oxygen atoms in total. The molecule has 0 bridgehead atoms. The highest BCUT2D eigenvalue weighted by molar-refractivity contribution is 5.59. The number of aromatic nitrogens is 5. The lowest BCUT2D eigenvalue weighted by Crippen LogP contribution is -1.92. The molecule has 0 aromatic carbocycles. The average Bonchev–Trinajstić information content (AvgIpc) is 3.02. The summed E-state index contributed by atoms with van der Waals surface area (Å²) in [5.41, 5.74) is 9.69. The van der Waals surface area contributed by atoms with Crippen LogP contribution in [0.3, 0.4) is 0 Å². The van der Waals surface area contributed by atoms with Crippen LogP contribution in [0.1, 0.15) is 11.6 Å². The number of pyridine rings is 1. The maximum Gasteiger partial charge on any atom is 0.258 e. The molecule has 0 fully saturated rings. The fourth-order valence-corrected chi connectivity index (χ4v) is 1.69. The van der Waals surface area contributed by atoms with E-state index in [1.165, 1.54) is 0 Å². The van der Waals surface area contributed by atoms with Gasteiger partial charge in [-0.15, -0.1) is 10.2 Å². The van der Waals surface area contributed by atoms with E-state index in [2.05, 4.69) is 30.4 Å². The second kappa shape index (κ2) is 4.39. The maximum atomic E-state index is 8.31. The molecule has 3 heterocycles. The van der Waals surface area contributed by atoms with Crippen molar-refractivity contribution in [1.82, 2.24) is 24.7 Å². The van der Waals surface area contributed by atoms with E-state index >= 15 is 0 Å². The van der Waals surface area contributed by atoms with Crippen LogP contribution in [0.4, 0.5) is 0 Å². The van der Waals surface area contributed by atoms with Crippen LogP contribution in [0.5, 0.6) is 0 Å². The third-order valence-electron chi connectivity index (χ3n) is 2.53. The van der Waals surface area contributed by atoms with Gasteiger partial charge in [0.1, 0.15) is 5.82 Å². The third-order valence-corrected chi connectivity index (χ3v) is 2.53. The van der Waals surface area contributed by atoms with Gasteiger partial charge in [0, 0.05) is 16.7 Å². The molecular weight excluding hydrogens is 248 g/mol. The predicted octanol–water partition coefficient (Wildman–Crippen LogP) is 1.90. The predicted molar refractivity (Wildman–Crippen MR) is 63.9 cm³/mol. The van der Waals surface area contributed by atoms with Crippen molar-refractivity contribution < 1.29 is 4.52 Å². The first-order valence-corrected chi connectivity index (χ1v) is 5.43. The van der Waals surface area contributed by atoms with Gasteiger partial charge in [-0.05, 0) is 24.6 Å². The van der Waals surface area contributed by atoms with Crippen LogP contribution in [0.2, 0.25) is 0 Å². The van der Waals surface area contributed by atoms with Gasteiger partial charge in [0.25, 0.3) is 5.89 Å².